The molecule has 2 N–H and O–H groups in total. The first-order valence-corrected chi connectivity index (χ1v) is 5.36. The number of carboxylic acids is 1. The fourth-order valence-electron chi connectivity index (χ4n) is 2.12. The smallest absolute Gasteiger partial charge is 0.307 e. The average molecular weight is 223 g/mol. The summed E-state index contributed by atoms with van der Waals surface area (Å²) < 4.78 is 12.7. The summed E-state index contributed by atoms with van der Waals surface area (Å²) >= 11 is 0. The first-order chi connectivity index (χ1) is 7.66. The van der Waals surface area contributed by atoms with Crippen molar-refractivity contribution in [2.45, 2.75) is 12.3 Å². The van der Waals surface area contributed by atoms with Crippen LogP contribution < -0.4 is 5.32 Å². The number of aliphatic carboxylic acids is 1. The molecule has 0 bridgehead atoms. The second-order valence-electron chi connectivity index (χ2n) is 4.18. The van der Waals surface area contributed by atoms with Crippen molar-refractivity contribution in [1.29, 1.82) is 0 Å². The Labute approximate surface area is 93.3 Å². The first kappa shape index (κ1) is 11.1. The topological polar surface area (TPSA) is 49.3 Å². The van der Waals surface area contributed by atoms with Gasteiger partial charge < -0.3 is 10.4 Å². The molecule has 1 aromatic rings. The molecule has 2 rings (SSSR count). The molecule has 1 saturated heterocycles. The number of benzene rings is 1. The molecule has 0 aliphatic carbocycles. The van der Waals surface area contributed by atoms with E-state index in [9.17, 15) is 9.18 Å². The molecule has 3 nitrogen and oxygen atoms in total. The van der Waals surface area contributed by atoms with Gasteiger partial charge in [0.15, 0.2) is 0 Å². The van der Waals surface area contributed by atoms with Crippen molar-refractivity contribution in [2.75, 3.05) is 13.1 Å². The highest BCUT2D eigenvalue weighted by Gasteiger charge is 2.27. The molecule has 1 heterocycles. The molecule has 86 valence electrons. The Kier molecular flexibility index (Phi) is 3.19. The Morgan fingerprint density at radius 2 is 2.00 bits per heavy atom. The zero-order valence-corrected chi connectivity index (χ0v) is 8.82. The lowest BCUT2D eigenvalue weighted by atomic mass is 9.86. The number of hydrogen-bond donors (Lipinski definition) is 2. The summed E-state index contributed by atoms with van der Waals surface area (Å²) in [5, 5.41) is 12.1. The van der Waals surface area contributed by atoms with Crippen molar-refractivity contribution >= 4 is 5.97 Å². The lowest BCUT2D eigenvalue weighted by Gasteiger charge is -2.27. The lowest BCUT2D eigenvalue weighted by molar-refractivity contribution is -0.142. The molecule has 1 aliphatic rings. The summed E-state index contributed by atoms with van der Waals surface area (Å²) in [6.45, 7) is 1.28. The number of carboxylic acid groups (broad SMARTS) is 1. The molecule has 4 heteroatoms. The fourth-order valence-corrected chi connectivity index (χ4v) is 2.12. The van der Waals surface area contributed by atoms with Crippen LogP contribution in [-0.4, -0.2) is 24.2 Å². The normalized spacial score (nSPS) is 25.3. The molecule has 16 heavy (non-hydrogen) atoms. The summed E-state index contributed by atoms with van der Waals surface area (Å²) in [4.78, 5) is 10.9. The van der Waals surface area contributed by atoms with E-state index in [1.165, 1.54) is 12.1 Å². The Bertz CT molecular complexity index is 377. The van der Waals surface area contributed by atoms with E-state index in [1.807, 2.05) is 0 Å². The zero-order chi connectivity index (χ0) is 11.5. The first-order valence-electron chi connectivity index (χ1n) is 5.36. The maximum atomic E-state index is 12.7. The highest BCUT2D eigenvalue weighted by Crippen LogP contribution is 2.26. The number of halogens is 1. The minimum atomic E-state index is -0.765. The largest absolute Gasteiger partial charge is 0.481 e. The predicted molar refractivity (Wildman–Crippen MR) is 57.8 cm³/mol. The van der Waals surface area contributed by atoms with Gasteiger partial charge in [-0.25, -0.2) is 4.39 Å². The van der Waals surface area contributed by atoms with Gasteiger partial charge in [-0.3, -0.25) is 4.79 Å². The van der Waals surface area contributed by atoms with Crippen LogP contribution in [0.4, 0.5) is 4.39 Å². The van der Waals surface area contributed by atoms with Gasteiger partial charge in [0.05, 0.1) is 5.92 Å². The second-order valence-corrected chi connectivity index (χ2v) is 4.18. The van der Waals surface area contributed by atoms with Crippen LogP contribution in [0.1, 0.15) is 17.9 Å². The molecule has 1 aromatic carbocycles. The van der Waals surface area contributed by atoms with Gasteiger partial charge in [-0.1, -0.05) is 12.1 Å². The van der Waals surface area contributed by atoms with Crippen LogP contribution in [0.25, 0.3) is 0 Å². The number of carbonyl (C=O) groups is 1. The molecule has 0 amide bonds. The van der Waals surface area contributed by atoms with Crippen molar-refractivity contribution in [3.63, 3.8) is 0 Å². The highest BCUT2D eigenvalue weighted by molar-refractivity contribution is 5.70. The van der Waals surface area contributed by atoms with E-state index in [-0.39, 0.29) is 17.7 Å². The molecule has 0 aromatic heterocycles. The third kappa shape index (κ3) is 2.39. The van der Waals surface area contributed by atoms with Crippen molar-refractivity contribution in [3.05, 3.63) is 35.6 Å². The molecule has 1 fully saturated rings. The number of nitrogens with one attached hydrogen (secondary N) is 1. The summed E-state index contributed by atoms with van der Waals surface area (Å²) in [6, 6.07) is 6.29. The van der Waals surface area contributed by atoms with Gasteiger partial charge in [-0.05, 0) is 30.0 Å². The van der Waals surface area contributed by atoms with Gasteiger partial charge in [0.1, 0.15) is 5.82 Å². The van der Waals surface area contributed by atoms with Crippen LogP contribution in [0.15, 0.2) is 24.3 Å². The van der Waals surface area contributed by atoms with Crippen LogP contribution in [0.2, 0.25) is 0 Å². The third-order valence-electron chi connectivity index (χ3n) is 3.04. The van der Waals surface area contributed by atoms with E-state index in [4.69, 9.17) is 5.11 Å². The molecule has 1 aliphatic heterocycles. The monoisotopic (exact) mass is 223 g/mol. The molecule has 0 saturated carbocycles. The van der Waals surface area contributed by atoms with Gasteiger partial charge in [-0.15, -0.1) is 0 Å². The van der Waals surface area contributed by atoms with Crippen LogP contribution in [-0.2, 0) is 4.79 Å². The SMILES string of the molecule is O=C(O)[C@H]1CNC[C@@H](c2ccc(F)cc2)C1. The van der Waals surface area contributed by atoms with E-state index < -0.39 is 5.97 Å². The third-order valence-corrected chi connectivity index (χ3v) is 3.04. The Morgan fingerprint density at radius 3 is 2.62 bits per heavy atom. The van der Waals surface area contributed by atoms with E-state index in [0.717, 1.165) is 12.1 Å². The molecular formula is C12H14FNO2. The minimum Gasteiger partial charge on any atom is -0.481 e. The van der Waals surface area contributed by atoms with Crippen LogP contribution in [0.5, 0.6) is 0 Å². The number of rotatable bonds is 2. The van der Waals surface area contributed by atoms with Gasteiger partial charge >= 0.3 is 5.97 Å². The summed E-state index contributed by atoms with van der Waals surface area (Å²) in [6.07, 6.45) is 0.619. The Morgan fingerprint density at radius 1 is 1.31 bits per heavy atom. The van der Waals surface area contributed by atoms with Gasteiger partial charge in [0, 0.05) is 13.1 Å². The molecule has 2 atom stereocenters. The molecule has 0 unspecified atom stereocenters. The van der Waals surface area contributed by atoms with Gasteiger partial charge in [-0.2, -0.15) is 0 Å². The van der Waals surface area contributed by atoms with E-state index in [2.05, 4.69) is 5.32 Å². The summed E-state index contributed by atoms with van der Waals surface area (Å²) in [5.74, 6) is -1.21. The van der Waals surface area contributed by atoms with Crippen LogP contribution in [0, 0.1) is 11.7 Å². The Hall–Kier alpha value is -1.42. The average Bonchev–Trinajstić information content (AvgIpc) is 2.30. The van der Waals surface area contributed by atoms with E-state index >= 15 is 0 Å². The van der Waals surface area contributed by atoms with E-state index in [1.54, 1.807) is 12.1 Å². The summed E-state index contributed by atoms with van der Waals surface area (Å²) in [5.41, 5.74) is 1.000. The van der Waals surface area contributed by atoms with Crippen LogP contribution in [0.3, 0.4) is 0 Å². The minimum absolute atomic E-state index is 0.162. The number of piperidine rings is 1. The van der Waals surface area contributed by atoms with Crippen molar-refractivity contribution in [3.8, 4) is 0 Å². The van der Waals surface area contributed by atoms with Gasteiger partial charge in [0.2, 0.25) is 0 Å². The highest BCUT2D eigenvalue weighted by atomic mass is 19.1. The van der Waals surface area contributed by atoms with Crippen molar-refractivity contribution in [2.24, 2.45) is 5.92 Å². The Balaban J connectivity index is 2.09. The second kappa shape index (κ2) is 4.61. The number of hydrogen-bond acceptors (Lipinski definition) is 2. The maximum absolute atomic E-state index is 12.7. The standard InChI is InChI=1S/C12H14FNO2/c13-11-3-1-8(2-4-11)9-5-10(12(15)16)7-14-6-9/h1-4,9-10,14H,5-7H2,(H,15,16)/t9-,10+/m0/s1. The van der Waals surface area contributed by atoms with Crippen molar-refractivity contribution in [1.82, 2.24) is 5.32 Å². The quantitative estimate of drug-likeness (QED) is 0.800. The fraction of sp³-hybridized carbons (Fsp3) is 0.417. The lowest BCUT2D eigenvalue weighted by Crippen LogP contribution is -2.38. The predicted octanol–water partition coefficient (Wildman–Crippen LogP) is 1.60. The molecular weight excluding hydrogens is 209 g/mol. The van der Waals surface area contributed by atoms with Crippen LogP contribution >= 0.6 is 0 Å². The van der Waals surface area contributed by atoms with Gasteiger partial charge in [0.25, 0.3) is 0 Å². The maximum Gasteiger partial charge on any atom is 0.307 e. The molecule has 0 spiro atoms. The summed E-state index contributed by atoms with van der Waals surface area (Å²) in [7, 11) is 0. The molecule has 0 radical (unpaired) electrons. The van der Waals surface area contributed by atoms with E-state index in [0.29, 0.717) is 13.0 Å². The van der Waals surface area contributed by atoms with Crippen molar-refractivity contribution < 1.29 is 14.3 Å². The zero-order valence-electron chi connectivity index (χ0n) is 8.82.